The molecule has 1 aromatic heterocycles. The number of aromatic carboxylic acids is 1. The minimum Gasteiger partial charge on any atom is -0.478 e. The summed E-state index contributed by atoms with van der Waals surface area (Å²) in [5, 5.41) is 9.86. The lowest BCUT2D eigenvalue weighted by molar-refractivity contribution is 0.0696. The second kappa shape index (κ2) is 9.31. The molecule has 1 aliphatic carbocycles. The number of aromatic amines is 1. The largest absolute Gasteiger partial charge is 0.478 e. The Labute approximate surface area is 198 Å². The maximum Gasteiger partial charge on any atom is 0.335 e. The SMILES string of the molecule is CCN1CCN(CC2CC(Cc3ccc(C(=O)O)cc3)c3[nH]c4ccc(F)cc4c3C2=O)CC1. The maximum atomic E-state index is 14.1. The van der Waals surface area contributed by atoms with Crippen molar-refractivity contribution in [1.29, 1.82) is 0 Å². The Balaban J connectivity index is 1.45. The van der Waals surface area contributed by atoms with E-state index in [0.29, 0.717) is 23.9 Å². The van der Waals surface area contributed by atoms with Crippen molar-refractivity contribution >= 4 is 22.7 Å². The van der Waals surface area contributed by atoms with Crippen LogP contribution in [0.2, 0.25) is 0 Å². The second-order valence-corrected chi connectivity index (χ2v) is 9.54. The molecular weight excluding hydrogens is 433 g/mol. The van der Waals surface area contributed by atoms with Gasteiger partial charge in [0, 0.05) is 66.7 Å². The van der Waals surface area contributed by atoms with Crippen molar-refractivity contribution in [2.45, 2.75) is 25.7 Å². The first-order valence-electron chi connectivity index (χ1n) is 12.0. The van der Waals surface area contributed by atoms with Crippen LogP contribution in [0.15, 0.2) is 42.5 Å². The van der Waals surface area contributed by atoms with Crippen molar-refractivity contribution in [3.8, 4) is 0 Å². The van der Waals surface area contributed by atoms with E-state index in [4.69, 9.17) is 0 Å². The molecule has 2 N–H and O–H groups in total. The molecule has 0 bridgehead atoms. The van der Waals surface area contributed by atoms with Gasteiger partial charge in [-0.25, -0.2) is 9.18 Å². The normalized spacial score (nSPS) is 21.6. The number of benzene rings is 2. The maximum absolute atomic E-state index is 14.1. The average molecular weight is 464 g/mol. The van der Waals surface area contributed by atoms with E-state index in [0.717, 1.165) is 55.9 Å². The summed E-state index contributed by atoms with van der Waals surface area (Å²) in [6.07, 6.45) is 1.41. The fourth-order valence-electron chi connectivity index (χ4n) is 5.54. The van der Waals surface area contributed by atoms with Gasteiger partial charge in [0.05, 0.1) is 5.56 Å². The molecule has 3 aromatic rings. The van der Waals surface area contributed by atoms with Gasteiger partial charge in [0.25, 0.3) is 0 Å². The van der Waals surface area contributed by atoms with Gasteiger partial charge in [-0.15, -0.1) is 0 Å². The number of likely N-dealkylation sites (N-methyl/N-ethyl adjacent to an activating group) is 1. The summed E-state index contributed by atoms with van der Waals surface area (Å²) in [5.41, 5.74) is 3.57. The van der Waals surface area contributed by atoms with Gasteiger partial charge in [0.1, 0.15) is 5.82 Å². The third kappa shape index (κ3) is 4.38. The van der Waals surface area contributed by atoms with Crippen LogP contribution in [-0.2, 0) is 6.42 Å². The number of fused-ring (bicyclic) bond motifs is 3. The van der Waals surface area contributed by atoms with E-state index >= 15 is 0 Å². The minimum atomic E-state index is -0.946. The summed E-state index contributed by atoms with van der Waals surface area (Å²) in [7, 11) is 0. The Kier molecular flexibility index (Phi) is 6.23. The van der Waals surface area contributed by atoms with Crippen LogP contribution in [0.1, 0.15) is 51.2 Å². The van der Waals surface area contributed by atoms with Gasteiger partial charge in [-0.3, -0.25) is 4.79 Å². The smallest absolute Gasteiger partial charge is 0.335 e. The van der Waals surface area contributed by atoms with Crippen LogP contribution in [0, 0.1) is 11.7 Å². The van der Waals surface area contributed by atoms with Crippen LogP contribution in [-0.4, -0.2) is 70.9 Å². The lowest BCUT2D eigenvalue weighted by Gasteiger charge is -2.37. The molecule has 2 aliphatic rings. The van der Waals surface area contributed by atoms with E-state index in [1.165, 1.54) is 12.1 Å². The summed E-state index contributed by atoms with van der Waals surface area (Å²) < 4.78 is 14.1. The summed E-state index contributed by atoms with van der Waals surface area (Å²) in [6.45, 7) is 7.87. The molecule has 1 fully saturated rings. The van der Waals surface area contributed by atoms with E-state index in [9.17, 15) is 19.1 Å². The van der Waals surface area contributed by atoms with Gasteiger partial charge < -0.3 is 19.9 Å². The monoisotopic (exact) mass is 463 g/mol. The first-order chi connectivity index (χ1) is 16.4. The van der Waals surface area contributed by atoms with Crippen LogP contribution >= 0.6 is 0 Å². The Bertz CT molecular complexity index is 1210. The molecule has 2 unspecified atom stereocenters. The number of nitrogens with one attached hydrogen (secondary N) is 1. The number of carbonyl (C=O) groups excluding carboxylic acids is 1. The van der Waals surface area contributed by atoms with Gasteiger partial charge >= 0.3 is 5.97 Å². The predicted octanol–water partition coefficient (Wildman–Crippen LogP) is 4.17. The number of carboxylic acids is 1. The number of H-pyrrole nitrogens is 1. The molecule has 0 amide bonds. The van der Waals surface area contributed by atoms with Gasteiger partial charge in [0.15, 0.2) is 5.78 Å². The highest BCUT2D eigenvalue weighted by molar-refractivity contribution is 6.11. The number of Topliss-reactive ketones (excluding diaryl/α,β-unsaturated/α-hetero) is 1. The molecule has 2 atom stereocenters. The molecule has 2 heterocycles. The Morgan fingerprint density at radius 2 is 1.76 bits per heavy atom. The van der Waals surface area contributed by atoms with Crippen molar-refractivity contribution in [2.24, 2.45) is 5.92 Å². The fourth-order valence-corrected chi connectivity index (χ4v) is 5.54. The molecule has 0 saturated carbocycles. The van der Waals surface area contributed by atoms with E-state index in [1.54, 1.807) is 18.2 Å². The number of aromatic nitrogens is 1. The summed E-state index contributed by atoms with van der Waals surface area (Å²) >= 11 is 0. The van der Waals surface area contributed by atoms with Gasteiger partial charge in [-0.1, -0.05) is 19.1 Å². The van der Waals surface area contributed by atoms with Crippen molar-refractivity contribution in [3.05, 3.63) is 70.7 Å². The molecule has 2 aromatic carbocycles. The highest BCUT2D eigenvalue weighted by Gasteiger charge is 2.37. The fraction of sp³-hybridized carbons (Fsp3) is 0.407. The Hall–Kier alpha value is -3.03. The number of nitrogens with zero attached hydrogens (tertiary/aromatic N) is 2. The van der Waals surface area contributed by atoms with Gasteiger partial charge in [-0.05, 0) is 55.3 Å². The summed E-state index contributed by atoms with van der Waals surface area (Å²) in [5.74, 6) is -1.27. The van der Waals surface area contributed by atoms with E-state index in [-0.39, 0.29) is 29.0 Å². The quantitative estimate of drug-likeness (QED) is 0.574. The zero-order chi connectivity index (χ0) is 23.8. The zero-order valence-electron chi connectivity index (χ0n) is 19.4. The summed E-state index contributed by atoms with van der Waals surface area (Å²) in [6, 6.07) is 11.5. The topological polar surface area (TPSA) is 76.6 Å². The molecular formula is C27H30FN3O3. The zero-order valence-corrected chi connectivity index (χ0v) is 19.4. The van der Waals surface area contributed by atoms with Crippen LogP contribution in [0.25, 0.3) is 10.9 Å². The van der Waals surface area contributed by atoms with Crippen LogP contribution in [0.5, 0.6) is 0 Å². The van der Waals surface area contributed by atoms with Gasteiger partial charge in [-0.2, -0.15) is 0 Å². The van der Waals surface area contributed by atoms with Crippen molar-refractivity contribution in [3.63, 3.8) is 0 Å². The third-order valence-corrected chi connectivity index (χ3v) is 7.46. The number of carbonyl (C=O) groups is 2. The molecule has 5 rings (SSSR count). The molecule has 0 spiro atoms. The number of hydrogen-bond acceptors (Lipinski definition) is 4. The number of carboxylic acid groups (broad SMARTS) is 1. The van der Waals surface area contributed by atoms with Crippen molar-refractivity contribution in [2.75, 3.05) is 39.3 Å². The minimum absolute atomic E-state index is 0.0702. The molecule has 1 saturated heterocycles. The van der Waals surface area contributed by atoms with Crippen LogP contribution in [0.3, 0.4) is 0 Å². The Morgan fingerprint density at radius 3 is 2.44 bits per heavy atom. The third-order valence-electron chi connectivity index (χ3n) is 7.46. The molecule has 0 radical (unpaired) electrons. The van der Waals surface area contributed by atoms with E-state index in [1.807, 2.05) is 12.1 Å². The summed E-state index contributed by atoms with van der Waals surface area (Å²) in [4.78, 5) is 33.1. The number of ketones is 1. The highest BCUT2D eigenvalue weighted by atomic mass is 19.1. The molecule has 178 valence electrons. The molecule has 34 heavy (non-hydrogen) atoms. The van der Waals surface area contributed by atoms with E-state index < -0.39 is 5.97 Å². The Morgan fingerprint density at radius 1 is 1.06 bits per heavy atom. The number of rotatable bonds is 6. The number of halogens is 1. The number of hydrogen-bond donors (Lipinski definition) is 2. The van der Waals surface area contributed by atoms with Crippen LogP contribution in [0.4, 0.5) is 4.39 Å². The van der Waals surface area contributed by atoms with Crippen LogP contribution < -0.4 is 0 Å². The first-order valence-corrected chi connectivity index (χ1v) is 12.0. The first kappa shape index (κ1) is 22.7. The lowest BCUT2D eigenvalue weighted by atomic mass is 9.76. The average Bonchev–Trinajstić information content (AvgIpc) is 3.22. The standard InChI is InChI=1S/C27H30FN3O3/c1-2-30-9-11-31(12-10-30)16-20-14-19(13-17-3-5-18(6-4-17)27(33)34)25-24(26(20)32)22-15-21(28)7-8-23(22)29-25/h3-8,15,19-20,29H,2,9-14,16H2,1H3,(H,33,34). The second-order valence-electron chi connectivity index (χ2n) is 9.54. The van der Waals surface area contributed by atoms with E-state index in [2.05, 4.69) is 21.7 Å². The van der Waals surface area contributed by atoms with Gasteiger partial charge in [0.2, 0.25) is 0 Å². The molecule has 7 heteroatoms. The van der Waals surface area contributed by atoms with Crippen molar-refractivity contribution in [1.82, 2.24) is 14.8 Å². The van der Waals surface area contributed by atoms with Crippen molar-refractivity contribution < 1.29 is 19.1 Å². The highest BCUT2D eigenvalue weighted by Crippen LogP contribution is 2.41. The number of piperazine rings is 1. The molecule has 1 aliphatic heterocycles. The predicted molar refractivity (Wildman–Crippen MR) is 129 cm³/mol. The lowest BCUT2D eigenvalue weighted by Crippen LogP contribution is -2.48. The molecule has 6 nitrogen and oxygen atoms in total.